The first kappa shape index (κ1) is 13.8. The summed E-state index contributed by atoms with van der Waals surface area (Å²) >= 11 is 5.81. The number of para-hydroxylation sites is 1. The molecule has 6 heteroatoms. The van der Waals surface area contributed by atoms with Crippen LogP contribution in [0.2, 0.25) is 0 Å². The monoisotopic (exact) mass is 442 g/mol. The molecule has 0 saturated heterocycles. The highest BCUT2D eigenvalue weighted by Crippen LogP contribution is 2.24. The molecule has 0 unspecified atom stereocenters. The number of nitrogens with zero attached hydrogens (tertiary/aromatic N) is 4. The topological polar surface area (TPSA) is 35.6 Å². The number of hydrogen-bond donors (Lipinski definition) is 0. The van der Waals surface area contributed by atoms with Crippen LogP contribution in [0.4, 0.5) is 0 Å². The van der Waals surface area contributed by atoms with Crippen LogP contribution in [0.15, 0.2) is 42.7 Å². The average molecular weight is 443 g/mol. The van der Waals surface area contributed by atoms with Crippen molar-refractivity contribution >= 4 is 38.5 Å². The Balaban J connectivity index is 2.25. The Morgan fingerprint density at radius 2 is 2.00 bits per heavy atom. The van der Waals surface area contributed by atoms with Gasteiger partial charge in [0, 0.05) is 17.1 Å². The third kappa shape index (κ3) is 2.42. The molecule has 20 heavy (non-hydrogen) atoms. The van der Waals surface area contributed by atoms with E-state index in [4.69, 9.17) is 0 Å². The zero-order valence-corrected chi connectivity index (χ0v) is 14.5. The van der Waals surface area contributed by atoms with E-state index in [1.807, 2.05) is 59.0 Å². The Labute approximate surface area is 139 Å². The van der Waals surface area contributed by atoms with E-state index < -0.39 is 0 Å². The lowest BCUT2D eigenvalue weighted by Crippen LogP contribution is -2.07. The molecular formula is C14H12BrIN4. The minimum Gasteiger partial charge on any atom is -0.221 e. The zero-order chi connectivity index (χ0) is 14.1. The number of aromatic nitrogens is 4. The number of alkyl halides is 1. The van der Waals surface area contributed by atoms with Crippen molar-refractivity contribution in [3.63, 3.8) is 0 Å². The Morgan fingerprint density at radius 1 is 1.25 bits per heavy atom. The quantitative estimate of drug-likeness (QED) is 0.456. The first-order valence-electron chi connectivity index (χ1n) is 6.11. The molecule has 0 bridgehead atoms. The van der Waals surface area contributed by atoms with Crippen molar-refractivity contribution < 1.29 is 0 Å². The van der Waals surface area contributed by atoms with Gasteiger partial charge >= 0.3 is 0 Å². The van der Waals surface area contributed by atoms with E-state index in [0.29, 0.717) is 0 Å². The molecule has 0 aliphatic carbocycles. The molecule has 4 nitrogen and oxygen atoms in total. The molecule has 2 heterocycles. The Bertz CT molecular complexity index is 733. The van der Waals surface area contributed by atoms with Crippen molar-refractivity contribution in [3.05, 3.63) is 57.6 Å². The largest absolute Gasteiger partial charge is 0.221 e. The first-order valence-corrected chi connectivity index (χ1v) is 8.31. The summed E-state index contributed by atoms with van der Waals surface area (Å²) in [5.74, 6) is 0.980. The SMILES string of the molecule is Cc1nn(-c2ccccc2)c(-n2cc(I)cn2)c1CBr. The molecule has 0 amide bonds. The van der Waals surface area contributed by atoms with Gasteiger partial charge in [0.25, 0.3) is 0 Å². The maximum absolute atomic E-state index is 4.66. The number of aryl methyl sites for hydroxylation is 1. The van der Waals surface area contributed by atoms with Gasteiger partial charge in [0.2, 0.25) is 0 Å². The van der Waals surface area contributed by atoms with Gasteiger partial charge in [0.05, 0.1) is 21.1 Å². The molecule has 1 aromatic carbocycles. The van der Waals surface area contributed by atoms with Gasteiger partial charge in [-0.15, -0.1) is 0 Å². The molecule has 3 rings (SSSR count). The van der Waals surface area contributed by atoms with E-state index in [1.165, 1.54) is 0 Å². The summed E-state index contributed by atoms with van der Waals surface area (Å²) in [7, 11) is 0. The molecule has 0 aliphatic rings. The normalized spacial score (nSPS) is 10.9. The molecule has 0 N–H and O–H groups in total. The highest BCUT2D eigenvalue weighted by molar-refractivity contribution is 14.1. The standard InChI is InChI=1S/C14H12BrIN4/c1-10-13(7-15)14(19-9-11(16)8-17-19)20(18-10)12-5-3-2-4-6-12/h2-6,8-9H,7H2,1H3. The van der Waals surface area contributed by atoms with Crippen molar-refractivity contribution in [2.24, 2.45) is 0 Å². The van der Waals surface area contributed by atoms with Crippen molar-refractivity contribution in [1.29, 1.82) is 0 Å². The van der Waals surface area contributed by atoms with E-state index in [9.17, 15) is 0 Å². The summed E-state index contributed by atoms with van der Waals surface area (Å²) in [4.78, 5) is 0. The van der Waals surface area contributed by atoms with Crippen LogP contribution < -0.4 is 0 Å². The zero-order valence-electron chi connectivity index (χ0n) is 10.8. The lowest BCUT2D eigenvalue weighted by molar-refractivity contribution is 0.758. The van der Waals surface area contributed by atoms with Crippen LogP contribution in [-0.4, -0.2) is 19.6 Å². The van der Waals surface area contributed by atoms with Gasteiger partial charge in [-0.2, -0.15) is 10.2 Å². The Hall–Kier alpha value is -1.15. The fraction of sp³-hybridized carbons (Fsp3) is 0.143. The fourth-order valence-corrected chi connectivity index (χ4v) is 3.15. The van der Waals surface area contributed by atoms with Gasteiger partial charge in [-0.1, -0.05) is 34.1 Å². The van der Waals surface area contributed by atoms with Gasteiger partial charge in [-0.25, -0.2) is 9.36 Å². The average Bonchev–Trinajstić information content (AvgIpc) is 3.03. The van der Waals surface area contributed by atoms with Crippen LogP contribution in [0.3, 0.4) is 0 Å². The number of hydrogen-bond acceptors (Lipinski definition) is 2. The second-order valence-electron chi connectivity index (χ2n) is 4.37. The molecule has 0 radical (unpaired) electrons. The molecular weight excluding hydrogens is 431 g/mol. The van der Waals surface area contributed by atoms with E-state index in [-0.39, 0.29) is 0 Å². The van der Waals surface area contributed by atoms with Crippen LogP contribution in [-0.2, 0) is 5.33 Å². The summed E-state index contributed by atoms with van der Waals surface area (Å²) in [6, 6.07) is 10.1. The van der Waals surface area contributed by atoms with Crippen molar-refractivity contribution in [2.45, 2.75) is 12.3 Å². The van der Waals surface area contributed by atoms with Crippen LogP contribution in [0.1, 0.15) is 11.3 Å². The summed E-state index contributed by atoms with van der Waals surface area (Å²) in [6.45, 7) is 2.02. The summed E-state index contributed by atoms with van der Waals surface area (Å²) < 4.78 is 4.92. The van der Waals surface area contributed by atoms with E-state index in [2.05, 4.69) is 48.7 Å². The molecule has 2 aromatic heterocycles. The van der Waals surface area contributed by atoms with Crippen LogP contribution >= 0.6 is 38.5 Å². The van der Waals surface area contributed by atoms with Crippen molar-refractivity contribution in [2.75, 3.05) is 0 Å². The van der Waals surface area contributed by atoms with Gasteiger partial charge in [-0.3, -0.25) is 0 Å². The molecule has 102 valence electrons. The van der Waals surface area contributed by atoms with Gasteiger partial charge in [-0.05, 0) is 41.6 Å². The summed E-state index contributed by atoms with van der Waals surface area (Å²) in [5, 5.41) is 9.83. The van der Waals surface area contributed by atoms with Crippen molar-refractivity contribution in [3.8, 4) is 11.5 Å². The Kier molecular flexibility index (Phi) is 3.93. The highest BCUT2D eigenvalue weighted by Gasteiger charge is 2.17. The van der Waals surface area contributed by atoms with E-state index >= 15 is 0 Å². The molecule has 0 fully saturated rings. The van der Waals surface area contributed by atoms with Crippen molar-refractivity contribution in [1.82, 2.24) is 19.6 Å². The molecule has 0 saturated carbocycles. The lowest BCUT2D eigenvalue weighted by atomic mass is 10.2. The first-order chi connectivity index (χ1) is 9.70. The van der Waals surface area contributed by atoms with Gasteiger partial charge in [0.15, 0.2) is 5.82 Å². The second-order valence-corrected chi connectivity index (χ2v) is 6.18. The van der Waals surface area contributed by atoms with E-state index in [1.54, 1.807) is 0 Å². The van der Waals surface area contributed by atoms with Crippen LogP contribution in [0, 0.1) is 10.5 Å². The minimum atomic E-state index is 0.747. The smallest absolute Gasteiger partial charge is 0.161 e. The number of halogens is 2. The van der Waals surface area contributed by atoms with Crippen LogP contribution in [0.5, 0.6) is 0 Å². The predicted molar refractivity (Wildman–Crippen MR) is 90.8 cm³/mol. The number of rotatable bonds is 3. The van der Waals surface area contributed by atoms with Gasteiger partial charge < -0.3 is 0 Å². The van der Waals surface area contributed by atoms with Crippen LogP contribution in [0.25, 0.3) is 11.5 Å². The lowest BCUT2D eigenvalue weighted by Gasteiger charge is -2.08. The maximum Gasteiger partial charge on any atom is 0.161 e. The number of benzene rings is 1. The summed E-state index contributed by atoms with van der Waals surface area (Å²) in [6.07, 6.45) is 3.85. The predicted octanol–water partition coefficient (Wildman–Crippen LogP) is 3.87. The maximum atomic E-state index is 4.66. The van der Waals surface area contributed by atoms with E-state index in [0.717, 1.165) is 31.7 Å². The molecule has 0 aliphatic heterocycles. The molecule has 3 aromatic rings. The molecule has 0 spiro atoms. The highest BCUT2D eigenvalue weighted by atomic mass is 127. The third-order valence-corrected chi connectivity index (χ3v) is 4.18. The minimum absolute atomic E-state index is 0.747. The fourth-order valence-electron chi connectivity index (χ4n) is 2.11. The molecule has 0 atom stereocenters. The summed E-state index contributed by atoms with van der Waals surface area (Å²) in [5.41, 5.74) is 3.18. The second kappa shape index (κ2) is 5.69. The van der Waals surface area contributed by atoms with Gasteiger partial charge in [0.1, 0.15) is 0 Å². The third-order valence-electron chi connectivity index (χ3n) is 3.06. The Morgan fingerprint density at radius 3 is 2.60 bits per heavy atom.